The lowest BCUT2D eigenvalue weighted by Gasteiger charge is -2.15. The molecule has 6 nitrogen and oxygen atoms in total. The van der Waals surface area contributed by atoms with Crippen molar-refractivity contribution >= 4 is 27.3 Å². The van der Waals surface area contributed by atoms with E-state index in [2.05, 4.69) is 4.72 Å². The minimum Gasteiger partial charge on any atom is -0.505 e. The SMILES string of the molecule is O=S1(=O)Nc2cc(c(F)cc2F)-c2ccccc2OCCOCc2cc(Cl)c(O)c1c2. The van der Waals surface area contributed by atoms with Crippen LogP contribution >= 0.6 is 11.6 Å². The predicted octanol–water partition coefficient (Wildman–Crippen LogP) is 4.70. The maximum absolute atomic E-state index is 14.6. The average molecular weight is 468 g/mol. The van der Waals surface area contributed by atoms with Gasteiger partial charge in [0.1, 0.15) is 28.9 Å². The minimum atomic E-state index is -4.48. The molecule has 0 saturated heterocycles. The Balaban J connectivity index is 1.90. The molecule has 0 aliphatic carbocycles. The lowest BCUT2D eigenvalue weighted by atomic mass is 10.0. The Kier molecular flexibility index (Phi) is 5.74. The fraction of sp³-hybridized carbons (Fsp3) is 0.143. The van der Waals surface area contributed by atoms with Crippen LogP contribution in [0.4, 0.5) is 14.5 Å². The summed E-state index contributed by atoms with van der Waals surface area (Å²) >= 11 is 5.97. The number of fused-ring (bicyclic) bond motifs is 6. The second-order valence-corrected chi connectivity index (χ2v) is 8.80. The van der Waals surface area contributed by atoms with Gasteiger partial charge in [0.05, 0.1) is 23.9 Å². The monoisotopic (exact) mass is 467 g/mol. The molecule has 0 amide bonds. The van der Waals surface area contributed by atoms with Crippen molar-refractivity contribution < 1.29 is 31.8 Å². The molecular formula is C21H16ClF2NO5S. The van der Waals surface area contributed by atoms with Crippen LogP contribution in [0.1, 0.15) is 5.56 Å². The summed E-state index contributed by atoms with van der Waals surface area (Å²) in [4.78, 5) is -0.560. The summed E-state index contributed by atoms with van der Waals surface area (Å²) in [6.45, 7) is 0.260. The molecule has 10 heteroatoms. The van der Waals surface area contributed by atoms with E-state index >= 15 is 0 Å². The van der Waals surface area contributed by atoms with E-state index in [1.807, 2.05) is 0 Å². The van der Waals surface area contributed by atoms with Crippen molar-refractivity contribution in [2.75, 3.05) is 17.9 Å². The van der Waals surface area contributed by atoms with Gasteiger partial charge in [0.15, 0.2) is 5.75 Å². The summed E-state index contributed by atoms with van der Waals surface area (Å²) in [5.41, 5.74) is 0.111. The number of nitrogens with one attached hydrogen (secondary N) is 1. The third-order valence-electron chi connectivity index (χ3n) is 4.61. The van der Waals surface area contributed by atoms with E-state index in [0.717, 1.165) is 6.07 Å². The van der Waals surface area contributed by atoms with Crippen molar-refractivity contribution in [1.29, 1.82) is 0 Å². The first-order valence-electron chi connectivity index (χ1n) is 9.09. The largest absolute Gasteiger partial charge is 0.505 e. The highest BCUT2D eigenvalue weighted by Crippen LogP contribution is 2.37. The molecular weight excluding hydrogens is 452 g/mol. The number of hydrogen-bond donors (Lipinski definition) is 2. The van der Waals surface area contributed by atoms with E-state index in [-0.39, 0.29) is 30.4 Å². The van der Waals surface area contributed by atoms with Crippen molar-refractivity contribution in [3.05, 3.63) is 70.8 Å². The second-order valence-electron chi connectivity index (χ2n) is 6.74. The Hall–Kier alpha value is -2.88. The quantitative estimate of drug-likeness (QED) is 0.500. The maximum Gasteiger partial charge on any atom is 0.265 e. The number of rotatable bonds is 0. The van der Waals surface area contributed by atoms with Crippen molar-refractivity contribution in [3.8, 4) is 22.6 Å². The van der Waals surface area contributed by atoms with E-state index in [1.165, 1.54) is 12.1 Å². The molecule has 0 radical (unpaired) electrons. The van der Waals surface area contributed by atoms with E-state index in [1.54, 1.807) is 24.3 Å². The van der Waals surface area contributed by atoms with Gasteiger partial charge < -0.3 is 14.6 Å². The van der Waals surface area contributed by atoms with Gasteiger partial charge in [0.25, 0.3) is 10.0 Å². The number of phenolic OH excluding ortho intramolecular Hbond substituents is 1. The minimum absolute atomic E-state index is 0.00965. The van der Waals surface area contributed by atoms with Gasteiger partial charge in [0, 0.05) is 17.2 Å². The van der Waals surface area contributed by atoms with Gasteiger partial charge in [-0.05, 0) is 29.8 Å². The first-order chi connectivity index (χ1) is 14.8. The molecule has 1 aliphatic heterocycles. The van der Waals surface area contributed by atoms with Crippen molar-refractivity contribution in [3.63, 3.8) is 0 Å². The van der Waals surface area contributed by atoms with Crippen LogP contribution in [-0.4, -0.2) is 26.7 Å². The zero-order valence-electron chi connectivity index (χ0n) is 15.9. The zero-order chi connectivity index (χ0) is 22.2. The molecule has 4 bridgehead atoms. The van der Waals surface area contributed by atoms with E-state index in [0.29, 0.717) is 22.9 Å². The molecule has 0 atom stereocenters. The molecule has 0 unspecified atom stereocenters. The molecule has 1 heterocycles. The summed E-state index contributed by atoms with van der Waals surface area (Å²) in [5, 5.41) is 9.98. The van der Waals surface area contributed by atoms with Gasteiger partial charge in [-0.25, -0.2) is 17.2 Å². The number of halogens is 3. The smallest absolute Gasteiger partial charge is 0.265 e. The highest BCUT2D eigenvalue weighted by molar-refractivity contribution is 7.92. The molecule has 0 saturated carbocycles. The van der Waals surface area contributed by atoms with Gasteiger partial charge in [0.2, 0.25) is 0 Å². The third kappa shape index (κ3) is 4.30. The molecule has 3 aromatic carbocycles. The standard InChI is InChI=1S/C21H16ClF2NO5S/c22-15-7-12-8-20(21(15)26)31(27,28)25-18-9-14(16(23)10-17(18)24)13-3-1-2-4-19(13)30-6-5-29-11-12/h1-4,7-10,25-26H,5-6,11H2. The van der Waals surface area contributed by atoms with Gasteiger partial charge >= 0.3 is 0 Å². The molecule has 31 heavy (non-hydrogen) atoms. The second kappa shape index (κ2) is 8.33. The Labute approximate surface area is 182 Å². The van der Waals surface area contributed by atoms with E-state index in [4.69, 9.17) is 21.1 Å². The normalized spacial score (nSPS) is 15.6. The summed E-state index contributed by atoms with van der Waals surface area (Å²) in [6.07, 6.45) is 0. The number of para-hydroxylation sites is 1. The number of aromatic hydroxyl groups is 1. The molecule has 4 rings (SSSR count). The Bertz CT molecular complexity index is 1270. The third-order valence-corrected chi connectivity index (χ3v) is 6.28. The molecule has 0 spiro atoms. The maximum atomic E-state index is 14.6. The lowest BCUT2D eigenvalue weighted by molar-refractivity contribution is 0.0889. The van der Waals surface area contributed by atoms with Crippen LogP contribution in [0, 0.1) is 11.6 Å². The van der Waals surface area contributed by atoms with Gasteiger partial charge in [-0.2, -0.15) is 0 Å². The number of phenols is 1. The van der Waals surface area contributed by atoms with Gasteiger partial charge in [-0.1, -0.05) is 29.8 Å². The van der Waals surface area contributed by atoms with Crippen molar-refractivity contribution in [2.24, 2.45) is 0 Å². The van der Waals surface area contributed by atoms with Gasteiger partial charge in [-0.15, -0.1) is 0 Å². The number of ether oxygens (including phenoxy) is 2. The number of sulfonamides is 1. The van der Waals surface area contributed by atoms with E-state index in [9.17, 15) is 22.3 Å². The Morgan fingerprint density at radius 1 is 1.00 bits per heavy atom. The number of hydrogen-bond acceptors (Lipinski definition) is 5. The summed E-state index contributed by atoms with van der Waals surface area (Å²) in [5.74, 6) is -2.40. The fourth-order valence-electron chi connectivity index (χ4n) is 3.16. The topological polar surface area (TPSA) is 84.9 Å². The Morgan fingerprint density at radius 2 is 1.77 bits per heavy atom. The molecule has 1 aliphatic rings. The van der Waals surface area contributed by atoms with E-state index < -0.39 is 38.0 Å². The van der Waals surface area contributed by atoms with Crippen LogP contribution in [0.15, 0.2) is 53.4 Å². The molecule has 0 fully saturated rings. The van der Waals surface area contributed by atoms with Crippen LogP contribution in [0.5, 0.6) is 11.5 Å². The van der Waals surface area contributed by atoms with Crippen LogP contribution in [0.2, 0.25) is 5.02 Å². The average Bonchev–Trinajstić information content (AvgIpc) is 2.72. The van der Waals surface area contributed by atoms with Crippen LogP contribution < -0.4 is 9.46 Å². The lowest BCUT2D eigenvalue weighted by Crippen LogP contribution is -2.15. The summed E-state index contributed by atoms with van der Waals surface area (Å²) < 4.78 is 68.2. The predicted molar refractivity (Wildman–Crippen MR) is 111 cm³/mol. The van der Waals surface area contributed by atoms with Crippen molar-refractivity contribution in [1.82, 2.24) is 0 Å². The molecule has 3 aromatic rings. The number of benzene rings is 3. The molecule has 162 valence electrons. The summed E-state index contributed by atoms with van der Waals surface area (Å²) in [7, 11) is -4.48. The molecule has 2 N–H and O–H groups in total. The zero-order valence-corrected chi connectivity index (χ0v) is 17.4. The van der Waals surface area contributed by atoms with Crippen LogP contribution in [0.3, 0.4) is 0 Å². The first-order valence-corrected chi connectivity index (χ1v) is 11.0. The number of anilines is 1. The Morgan fingerprint density at radius 3 is 2.58 bits per heavy atom. The highest BCUT2D eigenvalue weighted by atomic mass is 35.5. The van der Waals surface area contributed by atoms with Crippen LogP contribution in [-0.2, 0) is 21.4 Å². The first kappa shape index (κ1) is 21.4. The summed E-state index contributed by atoms with van der Waals surface area (Å²) in [6, 6.07) is 10.7. The van der Waals surface area contributed by atoms with Crippen molar-refractivity contribution in [2.45, 2.75) is 11.5 Å². The van der Waals surface area contributed by atoms with Crippen LogP contribution in [0.25, 0.3) is 11.1 Å². The van der Waals surface area contributed by atoms with Gasteiger partial charge in [-0.3, -0.25) is 4.72 Å². The highest BCUT2D eigenvalue weighted by Gasteiger charge is 2.25. The fourth-order valence-corrected chi connectivity index (χ4v) is 4.69. The molecule has 0 aromatic heterocycles.